The van der Waals surface area contributed by atoms with Crippen LogP contribution in [0.1, 0.15) is 11.7 Å². The van der Waals surface area contributed by atoms with Gasteiger partial charge in [-0.1, -0.05) is 0 Å². The van der Waals surface area contributed by atoms with E-state index >= 15 is 0 Å². The van der Waals surface area contributed by atoms with Gasteiger partial charge in [-0.2, -0.15) is 5.10 Å². The van der Waals surface area contributed by atoms with Crippen molar-refractivity contribution in [2.45, 2.75) is 6.04 Å². The van der Waals surface area contributed by atoms with Gasteiger partial charge in [0.05, 0.1) is 0 Å². The van der Waals surface area contributed by atoms with Crippen LogP contribution < -0.4 is 11.3 Å². The van der Waals surface area contributed by atoms with Crippen molar-refractivity contribution in [3.63, 3.8) is 0 Å². The highest BCUT2D eigenvalue weighted by Crippen LogP contribution is 1.98. The van der Waals surface area contributed by atoms with Gasteiger partial charge in [-0.3, -0.25) is 9.59 Å². The third-order valence-electron chi connectivity index (χ3n) is 1.31. The molecule has 0 aromatic carbocycles. The molecule has 0 bridgehead atoms. The molecule has 1 atom stereocenters. The molecule has 1 unspecified atom stereocenters. The molecule has 0 amide bonds. The number of nitrogens with two attached hydrogens (primary N) is 1. The van der Waals surface area contributed by atoms with Gasteiger partial charge < -0.3 is 10.8 Å². The van der Waals surface area contributed by atoms with Gasteiger partial charge in [0.15, 0.2) is 11.7 Å². The standard InChI is InChI=1S/C5H8N4O3/c1-9-7-3(4(10)8-9)2(6)5(11)12/h2H,6H2,1H3,(H,8,10)(H,11,12). The zero-order valence-corrected chi connectivity index (χ0v) is 6.31. The number of nitrogens with one attached hydrogen (secondary N) is 1. The minimum absolute atomic E-state index is 0.190. The van der Waals surface area contributed by atoms with Gasteiger partial charge in [-0.25, -0.2) is 9.90 Å². The highest BCUT2D eigenvalue weighted by molar-refractivity contribution is 5.74. The van der Waals surface area contributed by atoms with Crippen molar-refractivity contribution in [3.8, 4) is 0 Å². The van der Waals surface area contributed by atoms with E-state index in [1.165, 1.54) is 7.05 Å². The lowest BCUT2D eigenvalue weighted by molar-refractivity contribution is -0.138. The molecule has 0 aliphatic heterocycles. The lowest BCUT2D eigenvalue weighted by atomic mass is 10.2. The number of H-pyrrole nitrogens is 1. The number of nitrogens with zero attached hydrogens (tertiary/aromatic N) is 2. The Morgan fingerprint density at radius 1 is 1.83 bits per heavy atom. The maximum absolute atomic E-state index is 10.9. The van der Waals surface area contributed by atoms with E-state index in [0.29, 0.717) is 0 Å². The summed E-state index contributed by atoms with van der Waals surface area (Å²) in [5, 5.41) is 14.3. The van der Waals surface area contributed by atoms with Gasteiger partial charge in [0, 0.05) is 7.05 Å². The van der Waals surface area contributed by atoms with Gasteiger partial charge in [0.1, 0.15) is 0 Å². The number of carboxylic acid groups (broad SMARTS) is 1. The smallest absolute Gasteiger partial charge is 0.327 e. The van der Waals surface area contributed by atoms with Gasteiger partial charge in [-0.05, 0) is 0 Å². The topological polar surface area (TPSA) is 114 Å². The van der Waals surface area contributed by atoms with E-state index in [4.69, 9.17) is 10.8 Å². The number of hydrogen-bond acceptors (Lipinski definition) is 4. The molecule has 4 N–H and O–H groups in total. The first kappa shape index (κ1) is 8.47. The number of aromatic amines is 1. The Bertz CT molecular complexity index is 352. The van der Waals surface area contributed by atoms with Crippen LogP contribution in [0.2, 0.25) is 0 Å². The lowest BCUT2D eigenvalue weighted by Gasteiger charge is -1.97. The van der Waals surface area contributed by atoms with Crippen LogP contribution in [0.15, 0.2) is 4.79 Å². The molecule has 0 radical (unpaired) electrons. The Balaban J connectivity index is 3.10. The Morgan fingerprint density at radius 2 is 2.42 bits per heavy atom. The zero-order chi connectivity index (χ0) is 9.30. The molecule has 1 rings (SSSR count). The van der Waals surface area contributed by atoms with E-state index in [2.05, 4.69) is 10.2 Å². The molecule has 66 valence electrons. The summed E-state index contributed by atoms with van der Waals surface area (Å²) in [5.41, 5.74) is 4.39. The van der Waals surface area contributed by atoms with Crippen LogP contribution in [-0.4, -0.2) is 26.1 Å². The molecule has 0 saturated carbocycles. The van der Waals surface area contributed by atoms with Gasteiger partial charge in [-0.15, -0.1) is 0 Å². The molecule has 0 aliphatic carbocycles. The average Bonchev–Trinajstić information content (AvgIpc) is 2.28. The van der Waals surface area contributed by atoms with Crippen LogP contribution in [0.5, 0.6) is 0 Å². The summed E-state index contributed by atoms with van der Waals surface area (Å²) in [5.74, 6) is -1.28. The highest BCUT2D eigenvalue weighted by atomic mass is 16.4. The van der Waals surface area contributed by atoms with Crippen molar-refractivity contribution in [1.82, 2.24) is 15.0 Å². The second-order valence-electron chi connectivity index (χ2n) is 2.27. The molecule has 12 heavy (non-hydrogen) atoms. The number of rotatable bonds is 2. The van der Waals surface area contributed by atoms with Gasteiger partial charge in [0.2, 0.25) is 0 Å². The summed E-state index contributed by atoms with van der Waals surface area (Å²) >= 11 is 0. The van der Waals surface area contributed by atoms with Crippen LogP contribution in [-0.2, 0) is 11.8 Å². The molecule has 7 nitrogen and oxygen atoms in total. The summed E-state index contributed by atoms with van der Waals surface area (Å²) in [4.78, 5) is 22.3. The third kappa shape index (κ3) is 1.35. The SMILES string of the molecule is Cn1nc(C(N)C(=O)O)c(=O)[nH]1. The fourth-order valence-electron chi connectivity index (χ4n) is 0.757. The first-order valence-corrected chi connectivity index (χ1v) is 3.14. The summed E-state index contributed by atoms with van der Waals surface area (Å²) in [6, 6.07) is -1.37. The second kappa shape index (κ2) is 2.78. The molecule has 1 heterocycles. The third-order valence-corrected chi connectivity index (χ3v) is 1.31. The minimum Gasteiger partial charge on any atom is -0.480 e. The molecular weight excluding hydrogens is 164 g/mol. The summed E-state index contributed by atoms with van der Waals surface area (Å²) < 4.78 is 0. The molecule has 0 fully saturated rings. The van der Waals surface area contributed by atoms with E-state index in [0.717, 1.165) is 4.80 Å². The summed E-state index contributed by atoms with van der Waals surface area (Å²) in [7, 11) is 1.47. The predicted octanol–water partition coefficient (Wildman–Crippen LogP) is -1.81. The first-order valence-electron chi connectivity index (χ1n) is 3.14. The van der Waals surface area contributed by atoms with E-state index in [-0.39, 0.29) is 5.69 Å². The Hall–Kier alpha value is -1.63. The molecule has 1 aromatic rings. The largest absolute Gasteiger partial charge is 0.480 e. The van der Waals surface area contributed by atoms with E-state index in [1.807, 2.05) is 0 Å². The minimum atomic E-state index is -1.37. The van der Waals surface area contributed by atoms with Crippen molar-refractivity contribution in [3.05, 3.63) is 16.0 Å². The number of hydrogen-bond donors (Lipinski definition) is 3. The summed E-state index contributed by atoms with van der Waals surface area (Å²) in [6.07, 6.45) is 0. The number of aryl methyl sites for hydroxylation is 1. The highest BCUT2D eigenvalue weighted by Gasteiger charge is 2.20. The van der Waals surface area contributed by atoms with Gasteiger partial charge >= 0.3 is 5.97 Å². The normalized spacial score (nSPS) is 12.8. The maximum atomic E-state index is 10.9. The summed E-state index contributed by atoms with van der Waals surface area (Å²) in [6.45, 7) is 0. The molecular formula is C5H8N4O3. The van der Waals surface area contributed by atoms with Crippen LogP contribution in [0.4, 0.5) is 0 Å². The van der Waals surface area contributed by atoms with Crippen molar-refractivity contribution in [2.75, 3.05) is 0 Å². The average molecular weight is 172 g/mol. The molecule has 0 spiro atoms. The zero-order valence-electron chi connectivity index (χ0n) is 6.31. The predicted molar refractivity (Wildman–Crippen MR) is 38.4 cm³/mol. The number of aromatic nitrogens is 3. The van der Waals surface area contributed by atoms with E-state index in [9.17, 15) is 9.59 Å². The Morgan fingerprint density at radius 3 is 2.75 bits per heavy atom. The van der Waals surface area contributed by atoms with Crippen molar-refractivity contribution < 1.29 is 9.90 Å². The Kier molecular flexibility index (Phi) is 1.96. The van der Waals surface area contributed by atoms with E-state index in [1.54, 1.807) is 0 Å². The van der Waals surface area contributed by atoms with Crippen LogP contribution >= 0.6 is 0 Å². The Labute approximate surface area is 66.8 Å². The molecule has 0 saturated heterocycles. The second-order valence-corrected chi connectivity index (χ2v) is 2.27. The van der Waals surface area contributed by atoms with E-state index < -0.39 is 17.6 Å². The quantitative estimate of drug-likeness (QED) is 0.486. The van der Waals surface area contributed by atoms with Crippen molar-refractivity contribution in [2.24, 2.45) is 12.8 Å². The molecule has 1 aromatic heterocycles. The lowest BCUT2D eigenvalue weighted by Crippen LogP contribution is -2.26. The molecule has 0 aliphatic rings. The van der Waals surface area contributed by atoms with Crippen molar-refractivity contribution in [1.29, 1.82) is 0 Å². The molecule has 7 heteroatoms. The van der Waals surface area contributed by atoms with Gasteiger partial charge in [0.25, 0.3) is 5.56 Å². The number of carbonyl (C=O) groups is 1. The first-order chi connectivity index (χ1) is 5.52. The number of aliphatic carboxylic acids is 1. The fourth-order valence-corrected chi connectivity index (χ4v) is 0.757. The van der Waals surface area contributed by atoms with Crippen LogP contribution in [0.3, 0.4) is 0 Å². The van der Waals surface area contributed by atoms with Crippen LogP contribution in [0, 0.1) is 0 Å². The maximum Gasteiger partial charge on any atom is 0.327 e. The monoisotopic (exact) mass is 172 g/mol. The number of carboxylic acids is 1. The fraction of sp³-hybridized carbons (Fsp3) is 0.400. The van der Waals surface area contributed by atoms with Crippen LogP contribution in [0.25, 0.3) is 0 Å². The van der Waals surface area contributed by atoms with Crippen molar-refractivity contribution >= 4 is 5.97 Å².